The summed E-state index contributed by atoms with van der Waals surface area (Å²) in [5.41, 5.74) is 0.579. The van der Waals surface area contributed by atoms with Crippen molar-refractivity contribution in [2.45, 2.75) is 25.9 Å². The lowest BCUT2D eigenvalue weighted by atomic mass is 10.1. The quantitative estimate of drug-likeness (QED) is 0.868. The van der Waals surface area contributed by atoms with E-state index in [2.05, 4.69) is 10.3 Å². The van der Waals surface area contributed by atoms with Gasteiger partial charge in [0.1, 0.15) is 5.54 Å². The molecule has 1 aliphatic heterocycles. The van der Waals surface area contributed by atoms with Crippen LogP contribution in [0.15, 0.2) is 30.3 Å². The van der Waals surface area contributed by atoms with Crippen molar-refractivity contribution < 1.29 is 9.59 Å². The molecule has 3 amide bonds. The number of hydrogen-bond acceptors (Lipinski definition) is 3. The lowest BCUT2D eigenvalue weighted by Crippen LogP contribution is -2.40. The van der Waals surface area contributed by atoms with E-state index in [1.807, 2.05) is 18.2 Å². The zero-order valence-electron chi connectivity index (χ0n) is 11.7. The Bertz CT molecular complexity index is 758. The van der Waals surface area contributed by atoms with Crippen molar-refractivity contribution in [3.63, 3.8) is 0 Å². The molecule has 2 aromatic rings. The molecule has 6 heteroatoms. The number of carbonyl (C=O) groups excluding carboxylic acids is 2. The van der Waals surface area contributed by atoms with Crippen LogP contribution in [-0.2, 0) is 11.3 Å². The Hall–Kier alpha value is -2.14. The zero-order chi connectivity index (χ0) is 15.2. The van der Waals surface area contributed by atoms with Crippen LogP contribution in [0.5, 0.6) is 0 Å². The minimum absolute atomic E-state index is 0.159. The number of carbonyl (C=O) groups is 2. The van der Waals surface area contributed by atoms with E-state index >= 15 is 0 Å². The van der Waals surface area contributed by atoms with E-state index < -0.39 is 5.54 Å². The van der Waals surface area contributed by atoms with Crippen LogP contribution in [0.3, 0.4) is 0 Å². The van der Waals surface area contributed by atoms with Gasteiger partial charge in [-0.3, -0.25) is 14.7 Å². The first-order chi connectivity index (χ1) is 9.87. The average molecular weight is 304 g/mol. The Morgan fingerprint density at radius 1 is 1.24 bits per heavy atom. The number of nitrogens with zero attached hydrogens (tertiary/aromatic N) is 2. The summed E-state index contributed by atoms with van der Waals surface area (Å²) in [6, 6.07) is 8.69. The molecule has 0 unspecified atom stereocenters. The molecule has 1 fully saturated rings. The van der Waals surface area contributed by atoms with Crippen molar-refractivity contribution in [3.8, 4) is 0 Å². The molecule has 108 valence electrons. The van der Waals surface area contributed by atoms with Crippen LogP contribution < -0.4 is 5.32 Å². The summed E-state index contributed by atoms with van der Waals surface area (Å²) in [5.74, 6) is -0.245. The Balaban J connectivity index is 1.90. The number of hydrogen-bond donors (Lipinski definition) is 1. The van der Waals surface area contributed by atoms with E-state index in [1.54, 1.807) is 26.0 Å². The molecule has 21 heavy (non-hydrogen) atoms. The smallest absolute Gasteiger partial charge is 0.324 e. The summed E-state index contributed by atoms with van der Waals surface area (Å²) >= 11 is 5.93. The third-order valence-corrected chi connectivity index (χ3v) is 3.71. The summed E-state index contributed by atoms with van der Waals surface area (Å²) in [7, 11) is 0. The molecule has 1 aromatic heterocycles. The van der Waals surface area contributed by atoms with Crippen LogP contribution in [0.25, 0.3) is 10.9 Å². The number of aromatic nitrogens is 1. The van der Waals surface area contributed by atoms with Crippen LogP contribution in [0.1, 0.15) is 19.5 Å². The molecule has 0 saturated carbocycles. The summed E-state index contributed by atoms with van der Waals surface area (Å²) in [4.78, 5) is 29.7. The van der Waals surface area contributed by atoms with Crippen molar-refractivity contribution >= 4 is 34.4 Å². The first kappa shape index (κ1) is 13.8. The number of nitrogens with one attached hydrogen (secondary N) is 1. The molecule has 1 saturated heterocycles. The maximum atomic E-state index is 12.1. The zero-order valence-corrected chi connectivity index (χ0v) is 12.4. The Labute approximate surface area is 126 Å². The van der Waals surface area contributed by atoms with Crippen molar-refractivity contribution in [3.05, 3.63) is 41.0 Å². The van der Waals surface area contributed by atoms with E-state index in [-0.39, 0.29) is 18.5 Å². The second-order valence-corrected chi connectivity index (χ2v) is 6.02. The Morgan fingerprint density at radius 2 is 2.00 bits per heavy atom. The van der Waals surface area contributed by atoms with Gasteiger partial charge in [-0.05, 0) is 38.1 Å². The normalized spacial score (nSPS) is 17.4. The van der Waals surface area contributed by atoms with Crippen molar-refractivity contribution in [1.29, 1.82) is 0 Å². The van der Waals surface area contributed by atoms with Crippen LogP contribution in [-0.4, -0.2) is 27.4 Å². The molecule has 1 N–H and O–H groups in total. The molecule has 0 radical (unpaired) electrons. The van der Waals surface area contributed by atoms with Gasteiger partial charge in [-0.15, -0.1) is 0 Å². The highest BCUT2D eigenvalue weighted by atomic mass is 35.5. The van der Waals surface area contributed by atoms with Crippen LogP contribution >= 0.6 is 11.6 Å². The summed E-state index contributed by atoms with van der Waals surface area (Å²) in [5, 5.41) is 4.22. The minimum atomic E-state index is -0.860. The van der Waals surface area contributed by atoms with Gasteiger partial charge in [-0.25, -0.2) is 4.79 Å². The number of pyridine rings is 1. The maximum absolute atomic E-state index is 12.1. The second-order valence-electron chi connectivity index (χ2n) is 5.59. The fraction of sp³-hybridized carbons (Fsp3) is 0.267. The van der Waals surface area contributed by atoms with Crippen LogP contribution in [0.2, 0.25) is 5.02 Å². The number of fused-ring (bicyclic) bond motifs is 1. The van der Waals surface area contributed by atoms with Gasteiger partial charge < -0.3 is 5.32 Å². The summed E-state index contributed by atoms with van der Waals surface area (Å²) in [6.45, 7) is 3.53. The van der Waals surface area contributed by atoms with E-state index in [4.69, 9.17) is 11.6 Å². The molecule has 1 aromatic carbocycles. The molecule has 5 nitrogen and oxygen atoms in total. The molecular formula is C15H14ClN3O2. The van der Waals surface area contributed by atoms with Gasteiger partial charge in [0.05, 0.1) is 17.8 Å². The highest BCUT2D eigenvalue weighted by molar-refractivity contribution is 6.31. The van der Waals surface area contributed by atoms with Crippen LogP contribution in [0, 0.1) is 0 Å². The molecule has 0 spiro atoms. The van der Waals surface area contributed by atoms with Gasteiger partial charge in [0.2, 0.25) is 0 Å². The Morgan fingerprint density at radius 3 is 2.67 bits per heavy atom. The minimum Gasteiger partial charge on any atom is -0.324 e. The predicted octanol–water partition coefficient (Wildman–Crippen LogP) is 2.72. The monoisotopic (exact) mass is 303 g/mol. The average Bonchev–Trinajstić information content (AvgIpc) is 2.61. The van der Waals surface area contributed by atoms with Crippen LogP contribution in [0.4, 0.5) is 4.79 Å². The van der Waals surface area contributed by atoms with E-state index in [0.29, 0.717) is 10.7 Å². The number of imide groups is 1. The van der Waals surface area contributed by atoms with Gasteiger partial charge in [0, 0.05) is 10.4 Å². The van der Waals surface area contributed by atoms with Crippen molar-refractivity contribution in [2.75, 3.05) is 0 Å². The van der Waals surface area contributed by atoms with Gasteiger partial charge in [0.15, 0.2) is 0 Å². The highest BCUT2D eigenvalue weighted by Gasteiger charge is 2.44. The van der Waals surface area contributed by atoms with Crippen molar-refractivity contribution in [1.82, 2.24) is 15.2 Å². The standard InChI is InChI=1S/C15H14ClN3O2/c1-15(2)13(20)19(14(21)18-15)8-11-5-3-9-7-10(16)4-6-12(9)17-11/h3-7H,8H2,1-2H3,(H,18,21). The molecule has 0 aliphatic carbocycles. The van der Waals surface area contributed by atoms with E-state index in [1.165, 1.54) is 4.90 Å². The summed E-state index contributed by atoms with van der Waals surface area (Å²) < 4.78 is 0. The summed E-state index contributed by atoms with van der Waals surface area (Å²) in [6.07, 6.45) is 0. The Kier molecular flexibility index (Phi) is 3.10. The number of amides is 3. The fourth-order valence-electron chi connectivity index (χ4n) is 2.35. The number of halogens is 1. The molecule has 2 heterocycles. The van der Waals surface area contributed by atoms with Gasteiger partial charge in [0.25, 0.3) is 5.91 Å². The third kappa shape index (κ3) is 2.45. The molecule has 3 rings (SSSR count). The first-order valence-corrected chi connectivity index (χ1v) is 6.94. The molecule has 1 aliphatic rings. The van der Waals surface area contributed by atoms with Gasteiger partial charge in [-0.2, -0.15) is 0 Å². The van der Waals surface area contributed by atoms with E-state index in [9.17, 15) is 9.59 Å². The largest absolute Gasteiger partial charge is 0.325 e. The van der Waals surface area contributed by atoms with E-state index in [0.717, 1.165) is 10.9 Å². The SMILES string of the molecule is CC1(C)NC(=O)N(Cc2ccc3cc(Cl)ccc3n2)C1=O. The number of benzene rings is 1. The topological polar surface area (TPSA) is 62.3 Å². The lowest BCUT2D eigenvalue weighted by molar-refractivity contribution is -0.130. The molecule has 0 atom stereocenters. The first-order valence-electron chi connectivity index (χ1n) is 6.56. The molecular weight excluding hydrogens is 290 g/mol. The van der Waals surface area contributed by atoms with Gasteiger partial charge in [-0.1, -0.05) is 17.7 Å². The van der Waals surface area contributed by atoms with Crippen molar-refractivity contribution in [2.24, 2.45) is 0 Å². The third-order valence-electron chi connectivity index (χ3n) is 3.47. The molecule has 0 bridgehead atoms. The maximum Gasteiger partial charge on any atom is 0.325 e. The number of rotatable bonds is 2. The van der Waals surface area contributed by atoms with Gasteiger partial charge >= 0.3 is 6.03 Å². The second kappa shape index (κ2) is 4.70. The predicted molar refractivity (Wildman–Crippen MR) is 79.9 cm³/mol. The number of urea groups is 1. The lowest BCUT2D eigenvalue weighted by Gasteiger charge is -2.15. The fourth-order valence-corrected chi connectivity index (χ4v) is 2.53. The highest BCUT2D eigenvalue weighted by Crippen LogP contribution is 2.21.